The molecular weight excluding hydrogens is 176 g/mol. The topological polar surface area (TPSA) is 37.3 Å². The van der Waals surface area contributed by atoms with Crippen LogP contribution in [0.4, 0.5) is 0 Å². The largest absolute Gasteiger partial charge is 0.396 e. The number of aliphatic hydroxyl groups excluding tert-OH is 1. The van der Waals surface area contributed by atoms with Crippen molar-refractivity contribution in [3.63, 3.8) is 0 Å². The van der Waals surface area contributed by atoms with Crippen molar-refractivity contribution < 1.29 is 9.90 Å². The van der Waals surface area contributed by atoms with E-state index in [1.165, 1.54) is 0 Å². The minimum absolute atomic E-state index is 0.142. The summed E-state index contributed by atoms with van der Waals surface area (Å²) in [5.41, 5.74) is -0.205. The monoisotopic (exact) mass is 198 g/mol. The van der Waals surface area contributed by atoms with Gasteiger partial charge in [-0.05, 0) is 24.7 Å². The van der Waals surface area contributed by atoms with Crippen LogP contribution < -0.4 is 0 Å². The lowest BCUT2D eigenvalue weighted by atomic mass is 9.71. The summed E-state index contributed by atoms with van der Waals surface area (Å²) in [5.74, 6) is 1.30. The van der Waals surface area contributed by atoms with Crippen molar-refractivity contribution in [1.82, 2.24) is 0 Å². The van der Waals surface area contributed by atoms with Crippen molar-refractivity contribution in [1.29, 1.82) is 0 Å². The Morgan fingerprint density at radius 2 is 2.07 bits per heavy atom. The van der Waals surface area contributed by atoms with E-state index in [0.29, 0.717) is 30.5 Å². The fourth-order valence-corrected chi connectivity index (χ4v) is 2.98. The molecule has 1 N–H and O–H groups in total. The van der Waals surface area contributed by atoms with Gasteiger partial charge in [-0.2, -0.15) is 0 Å². The number of carbonyl (C=O) groups is 1. The lowest BCUT2D eigenvalue weighted by Gasteiger charge is -2.32. The lowest BCUT2D eigenvalue weighted by Crippen LogP contribution is -2.33. The molecule has 2 heteroatoms. The van der Waals surface area contributed by atoms with E-state index in [4.69, 9.17) is 5.11 Å². The van der Waals surface area contributed by atoms with Crippen molar-refractivity contribution in [3.8, 4) is 0 Å². The Morgan fingerprint density at radius 1 is 1.43 bits per heavy atom. The molecule has 3 unspecified atom stereocenters. The maximum atomic E-state index is 12.0. The van der Waals surface area contributed by atoms with Gasteiger partial charge in [-0.3, -0.25) is 4.79 Å². The van der Waals surface area contributed by atoms with E-state index in [0.717, 1.165) is 12.8 Å². The first-order valence-corrected chi connectivity index (χ1v) is 5.72. The zero-order valence-electron chi connectivity index (χ0n) is 9.55. The molecule has 3 atom stereocenters. The minimum Gasteiger partial charge on any atom is -0.396 e. The minimum atomic E-state index is -0.205. The standard InChI is InChI=1S/C12H22O2/c1-4-5-12(6-7-13)10(3)9(2)8-11(12)14/h9-10,13H,4-8H2,1-3H3. The summed E-state index contributed by atoms with van der Waals surface area (Å²) in [6.45, 7) is 6.57. The second-order valence-electron chi connectivity index (χ2n) is 4.77. The molecule has 1 rings (SSSR count). The molecule has 14 heavy (non-hydrogen) atoms. The van der Waals surface area contributed by atoms with E-state index in [1.54, 1.807) is 0 Å². The third-order valence-corrected chi connectivity index (χ3v) is 4.04. The van der Waals surface area contributed by atoms with Crippen LogP contribution in [0.1, 0.15) is 46.5 Å². The van der Waals surface area contributed by atoms with E-state index in [9.17, 15) is 4.79 Å². The SMILES string of the molecule is CCCC1(CCO)C(=O)CC(C)C1C. The van der Waals surface area contributed by atoms with Gasteiger partial charge >= 0.3 is 0 Å². The predicted molar refractivity (Wildman–Crippen MR) is 57.0 cm³/mol. The predicted octanol–water partition coefficient (Wildman–Crippen LogP) is 2.40. The Balaban J connectivity index is 2.88. The number of aliphatic hydroxyl groups is 1. The molecule has 1 aliphatic rings. The maximum Gasteiger partial charge on any atom is 0.139 e. The number of Topliss-reactive ketones (excluding diaryl/α,β-unsaturated/α-hetero) is 1. The maximum absolute atomic E-state index is 12.0. The van der Waals surface area contributed by atoms with Gasteiger partial charge in [0.1, 0.15) is 5.78 Å². The zero-order chi connectivity index (χ0) is 10.8. The summed E-state index contributed by atoms with van der Waals surface area (Å²) in [5, 5.41) is 9.09. The number of hydrogen-bond acceptors (Lipinski definition) is 2. The summed E-state index contributed by atoms with van der Waals surface area (Å²) >= 11 is 0. The molecule has 0 bridgehead atoms. The average molecular weight is 198 g/mol. The van der Waals surface area contributed by atoms with E-state index in [2.05, 4.69) is 20.8 Å². The third kappa shape index (κ3) is 1.72. The molecule has 0 saturated heterocycles. The van der Waals surface area contributed by atoms with Gasteiger partial charge in [0, 0.05) is 18.4 Å². The molecule has 82 valence electrons. The zero-order valence-corrected chi connectivity index (χ0v) is 9.55. The summed E-state index contributed by atoms with van der Waals surface area (Å²) < 4.78 is 0. The second-order valence-corrected chi connectivity index (χ2v) is 4.77. The van der Waals surface area contributed by atoms with Crippen molar-refractivity contribution in [2.24, 2.45) is 17.3 Å². The molecule has 2 nitrogen and oxygen atoms in total. The highest BCUT2D eigenvalue weighted by molar-refractivity contribution is 5.87. The Labute approximate surface area is 86.7 Å². The van der Waals surface area contributed by atoms with Gasteiger partial charge in [0.05, 0.1) is 0 Å². The highest BCUT2D eigenvalue weighted by atomic mass is 16.3. The highest BCUT2D eigenvalue weighted by Crippen LogP contribution is 2.49. The van der Waals surface area contributed by atoms with Gasteiger partial charge in [-0.15, -0.1) is 0 Å². The van der Waals surface area contributed by atoms with Crippen LogP contribution in [0.25, 0.3) is 0 Å². The van der Waals surface area contributed by atoms with Crippen LogP contribution in [0, 0.1) is 17.3 Å². The first-order valence-electron chi connectivity index (χ1n) is 5.72. The molecule has 1 fully saturated rings. The molecule has 0 aliphatic heterocycles. The van der Waals surface area contributed by atoms with Crippen molar-refractivity contribution in [3.05, 3.63) is 0 Å². The van der Waals surface area contributed by atoms with Gasteiger partial charge in [-0.1, -0.05) is 27.2 Å². The molecule has 0 aromatic carbocycles. The van der Waals surface area contributed by atoms with Gasteiger partial charge in [-0.25, -0.2) is 0 Å². The number of ketones is 1. The summed E-state index contributed by atoms with van der Waals surface area (Å²) in [4.78, 5) is 12.0. The van der Waals surface area contributed by atoms with E-state index in [-0.39, 0.29) is 12.0 Å². The first-order chi connectivity index (χ1) is 6.58. The van der Waals surface area contributed by atoms with E-state index >= 15 is 0 Å². The Morgan fingerprint density at radius 3 is 2.43 bits per heavy atom. The van der Waals surface area contributed by atoms with Crippen LogP contribution in [-0.4, -0.2) is 17.5 Å². The number of rotatable bonds is 4. The fraction of sp³-hybridized carbons (Fsp3) is 0.917. The van der Waals surface area contributed by atoms with Crippen molar-refractivity contribution in [2.45, 2.75) is 46.5 Å². The molecule has 1 aliphatic carbocycles. The molecule has 0 amide bonds. The van der Waals surface area contributed by atoms with Crippen LogP contribution in [0.5, 0.6) is 0 Å². The molecular formula is C12H22O2. The lowest BCUT2D eigenvalue weighted by molar-refractivity contribution is -0.128. The second kappa shape index (κ2) is 4.43. The Kier molecular flexibility index (Phi) is 3.71. The third-order valence-electron chi connectivity index (χ3n) is 4.04. The van der Waals surface area contributed by atoms with Crippen molar-refractivity contribution >= 4 is 5.78 Å². The average Bonchev–Trinajstić information content (AvgIpc) is 2.33. The molecule has 1 saturated carbocycles. The smallest absolute Gasteiger partial charge is 0.139 e. The van der Waals surface area contributed by atoms with Crippen LogP contribution in [0.2, 0.25) is 0 Å². The molecule has 0 heterocycles. The summed E-state index contributed by atoms with van der Waals surface area (Å²) in [6.07, 6.45) is 3.34. The fourth-order valence-electron chi connectivity index (χ4n) is 2.98. The van der Waals surface area contributed by atoms with Crippen LogP contribution in [0.15, 0.2) is 0 Å². The van der Waals surface area contributed by atoms with Gasteiger partial charge < -0.3 is 5.11 Å². The Bertz CT molecular complexity index is 204. The summed E-state index contributed by atoms with van der Waals surface area (Å²) in [7, 11) is 0. The number of hydrogen-bond donors (Lipinski definition) is 1. The molecule has 0 aromatic heterocycles. The Hall–Kier alpha value is -0.370. The highest BCUT2D eigenvalue weighted by Gasteiger charge is 2.49. The first kappa shape index (κ1) is 11.7. The van der Waals surface area contributed by atoms with E-state index in [1.807, 2.05) is 0 Å². The number of carbonyl (C=O) groups excluding carboxylic acids is 1. The quantitative estimate of drug-likeness (QED) is 0.753. The molecule has 0 aromatic rings. The van der Waals surface area contributed by atoms with Crippen LogP contribution in [-0.2, 0) is 4.79 Å². The van der Waals surface area contributed by atoms with Crippen molar-refractivity contribution in [2.75, 3.05) is 6.61 Å². The summed E-state index contributed by atoms with van der Waals surface area (Å²) in [6, 6.07) is 0. The van der Waals surface area contributed by atoms with Crippen LogP contribution in [0.3, 0.4) is 0 Å². The van der Waals surface area contributed by atoms with Gasteiger partial charge in [0.15, 0.2) is 0 Å². The van der Waals surface area contributed by atoms with Crippen LogP contribution >= 0.6 is 0 Å². The van der Waals surface area contributed by atoms with Gasteiger partial charge in [0.25, 0.3) is 0 Å². The molecule has 0 spiro atoms. The van der Waals surface area contributed by atoms with E-state index < -0.39 is 0 Å². The normalized spacial score (nSPS) is 37.9. The molecule has 0 radical (unpaired) electrons. The van der Waals surface area contributed by atoms with Gasteiger partial charge in [0.2, 0.25) is 0 Å².